The number of fused-ring (bicyclic) bond motifs is 1. The van der Waals surface area contributed by atoms with Crippen LogP contribution in [0.2, 0.25) is 0 Å². The first-order valence-corrected chi connectivity index (χ1v) is 5.53. The summed E-state index contributed by atoms with van der Waals surface area (Å²) in [5.74, 6) is 0.866. The molecule has 0 fully saturated rings. The van der Waals surface area contributed by atoms with Gasteiger partial charge in [0, 0.05) is 11.6 Å². The van der Waals surface area contributed by atoms with Crippen LogP contribution in [0, 0.1) is 0 Å². The highest BCUT2D eigenvalue weighted by Crippen LogP contribution is 2.27. The van der Waals surface area contributed by atoms with Gasteiger partial charge in [0.05, 0.1) is 18.2 Å². The summed E-state index contributed by atoms with van der Waals surface area (Å²) in [6.07, 6.45) is 2.05. The number of nitrogens with zero attached hydrogens (tertiary/aromatic N) is 1. The molecule has 3 heteroatoms. The van der Waals surface area contributed by atoms with Crippen molar-refractivity contribution < 1.29 is 9.13 Å². The van der Waals surface area contributed by atoms with E-state index in [-0.39, 0.29) is 12.8 Å². The molecule has 1 aromatic heterocycles. The van der Waals surface area contributed by atoms with Gasteiger partial charge in [-0.1, -0.05) is 6.07 Å². The van der Waals surface area contributed by atoms with E-state index in [1.54, 1.807) is 0 Å². The Kier molecular flexibility index (Phi) is 3.13. The number of ether oxygens (including phenoxy) is 1. The van der Waals surface area contributed by atoms with E-state index in [0.29, 0.717) is 6.54 Å². The van der Waals surface area contributed by atoms with Gasteiger partial charge in [0.2, 0.25) is 0 Å². The van der Waals surface area contributed by atoms with Crippen molar-refractivity contribution in [3.05, 3.63) is 30.5 Å². The van der Waals surface area contributed by atoms with Crippen molar-refractivity contribution in [1.82, 2.24) is 4.57 Å². The minimum Gasteiger partial charge on any atom is -0.490 e. The van der Waals surface area contributed by atoms with Gasteiger partial charge in [-0.05, 0) is 32.0 Å². The maximum absolute atomic E-state index is 12.3. The van der Waals surface area contributed by atoms with Crippen molar-refractivity contribution in [3.63, 3.8) is 0 Å². The zero-order chi connectivity index (χ0) is 11.5. The minimum atomic E-state index is -0.348. The summed E-state index contributed by atoms with van der Waals surface area (Å²) >= 11 is 0. The fraction of sp³-hybridized carbons (Fsp3) is 0.385. The van der Waals surface area contributed by atoms with Crippen LogP contribution in [0.15, 0.2) is 30.5 Å². The zero-order valence-electron chi connectivity index (χ0n) is 9.61. The summed E-state index contributed by atoms with van der Waals surface area (Å²) < 4.78 is 20.0. The Labute approximate surface area is 94.6 Å². The molecule has 16 heavy (non-hydrogen) atoms. The number of benzene rings is 1. The minimum absolute atomic E-state index is 0.148. The molecule has 0 N–H and O–H groups in total. The first kappa shape index (κ1) is 11.0. The molecule has 2 rings (SSSR count). The Hall–Kier alpha value is -1.51. The SMILES string of the molecule is CC(C)Oc1cccc2c1ccn2CCF. The summed E-state index contributed by atoms with van der Waals surface area (Å²) in [6.45, 7) is 4.04. The molecular weight excluding hydrogens is 205 g/mol. The van der Waals surface area contributed by atoms with E-state index in [4.69, 9.17) is 4.74 Å². The average molecular weight is 221 g/mol. The molecule has 0 radical (unpaired) electrons. The largest absolute Gasteiger partial charge is 0.490 e. The second-order valence-electron chi connectivity index (χ2n) is 4.05. The Morgan fingerprint density at radius 1 is 1.31 bits per heavy atom. The van der Waals surface area contributed by atoms with Crippen molar-refractivity contribution >= 4 is 10.9 Å². The average Bonchev–Trinajstić information content (AvgIpc) is 2.63. The molecule has 0 aliphatic rings. The number of aryl methyl sites for hydroxylation is 1. The Morgan fingerprint density at radius 2 is 2.12 bits per heavy atom. The summed E-state index contributed by atoms with van der Waals surface area (Å²) in [5, 5.41) is 1.05. The van der Waals surface area contributed by atoms with E-state index < -0.39 is 0 Å². The second kappa shape index (κ2) is 4.56. The smallest absolute Gasteiger partial charge is 0.129 e. The standard InChI is InChI=1S/C13H16FNO/c1-10(2)16-13-5-3-4-12-11(13)6-8-15(12)9-7-14/h3-6,8,10H,7,9H2,1-2H3. The summed E-state index contributed by atoms with van der Waals surface area (Å²) in [6, 6.07) is 7.85. The van der Waals surface area contributed by atoms with Gasteiger partial charge in [0.15, 0.2) is 0 Å². The van der Waals surface area contributed by atoms with E-state index in [9.17, 15) is 4.39 Å². The Bertz CT molecular complexity index is 476. The van der Waals surface area contributed by atoms with E-state index in [1.165, 1.54) is 0 Å². The molecule has 2 aromatic rings. The molecule has 0 spiro atoms. The molecule has 0 amide bonds. The van der Waals surface area contributed by atoms with Crippen molar-refractivity contribution in [2.45, 2.75) is 26.5 Å². The van der Waals surface area contributed by atoms with Gasteiger partial charge in [-0.15, -0.1) is 0 Å². The van der Waals surface area contributed by atoms with Crippen LogP contribution in [0.25, 0.3) is 10.9 Å². The Morgan fingerprint density at radius 3 is 2.81 bits per heavy atom. The highest BCUT2D eigenvalue weighted by molar-refractivity contribution is 5.86. The lowest BCUT2D eigenvalue weighted by atomic mass is 10.2. The molecular formula is C13H16FNO. The van der Waals surface area contributed by atoms with E-state index in [1.807, 2.05) is 48.9 Å². The lowest BCUT2D eigenvalue weighted by molar-refractivity contribution is 0.245. The maximum atomic E-state index is 12.3. The van der Waals surface area contributed by atoms with Crippen LogP contribution in [0.1, 0.15) is 13.8 Å². The van der Waals surface area contributed by atoms with Crippen LogP contribution < -0.4 is 4.74 Å². The van der Waals surface area contributed by atoms with Crippen molar-refractivity contribution in [2.24, 2.45) is 0 Å². The quantitative estimate of drug-likeness (QED) is 0.771. The van der Waals surface area contributed by atoms with Crippen LogP contribution in [0.3, 0.4) is 0 Å². The zero-order valence-corrected chi connectivity index (χ0v) is 9.61. The first-order valence-electron chi connectivity index (χ1n) is 5.53. The predicted octanol–water partition coefficient (Wildman–Crippen LogP) is 3.40. The van der Waals surface area contributed by atoms with Gasteiger partial charge in [0.25, 0.3) is 0 Å². The third kappa shape index (κ3) is 2.03. The molecule has 1 aromatic carbocycles. The van der Waals surface area contributed by atoms with Crippen LogP contribution in [-0.2, 0) is 6.54 Å². The Balaban J connectivity index is 2.44. The highest BCUT2D eigenvalue weighted by Gasteiger charge is 2.07. The number of aromatic nitrogens is 1. The summed E-state index contributed by atoms with van der Waals surface area (Å²) in [7, 11) is 0. The van der Waals surface area contributed by atoms with Crippen LogP contribution in [-0.4, -0.2) is 17.3 Å². The van der Waals surface area contributed by atoms with E-state index >= 15 is 0 Å². The number of halogens is 1. The van der Waals surface area contributed by atoms with Crippen LogP contribution in [0.5, 0.6) is 5.75 Å². The van der Waals surface area contributed by atoms with Gasteiger partial charge in [-0.25, -0.2) is 4.39 Å². The van der Waals surface area contributed by atoms with Gasteiger partial charge < -0.3 is 9.30 Å². The molecule has 0 unspecified atom stereocenters. The van der Waals surface area contributed by atoms with E-state index in [0.717, 1.165) is 16.7 Å². The normalized spacial score (nSPS) is 11.2. The monoisotopic (exact) mass is 221 g/mol. The molecule has 0 saturated carbocycles. The fourth-order valence-corrected chi connectivity index (χ4v) is 1.84. The number of hydrogen-bond acceptors (Lipinski definition) is 1. The summed E-state index contributed by atoms with van der Waals surface area (Å²) in [4.78, 5) is 0. The molecule has 2 nitrogen and oxygen atoms in total. The second-order valence-corrected chi connectivity index (χ2v) is 4.05. The molecule has 0 atom stereocenters. The van der Waals surface area contributed by atoms with Gasteiger partial charge in [0.1, 0.15) is 12.4 Å². The van der Waals surface area contributed by atoms with Crippen molar-refractivity contribution in [2.75, 3.05) is 6.67 Å². The first-order chi connectivity index (χ1) is 7.72. The molecule has 0 saturated heterocycles. The highest BCUT2D eigenvalue weighted by atomic mass is 19.1. The lowest BCUT2D eigenvalue weighted by Gasteiger charge is -2.11. The number of hydrogen-bond donors (Lipinski definition) is 0. The van der Waals surface area contributed by atoms with Gasteiger partial charge in [-0.2, -0.15) is 0 Å². The summed E-state index contributed by atoms with van der Waals surface area (Å²) in [5.41, 5.74) is 1.02. The number of alkyl halides is 1. The maximum Gasteiger partial charge on any atom is 0.129 e. The van der Waals surface area contributed by atoms with Crippen LogP contribution in [0.4, 0.5) is 4.39 Å². The predicted molar refractivity (Wildman–Crippen MR) is 63.7 cm³/mol. The molecule has 1 heterocycles. The van der Waals surface area contributed by atoms with Crippen molar-refractivity contribution in [1.29, 1.82) is 0 Å². The molecule has 0 bridgehead atoms. The molecule has 0 aliphatic carbocycles. The fourth-order valence-electron chi connectivity index (χ4n) is 1.84. The van der Waals surface area contributed by atoms with Gasteiger partial charge >= 0.3 is 0 Å². The third-order valence-electron chi connectivity index (χ3n) is 2.46. The third-order valence-corrected chi connectivity index (χ3v) is 2.46. The topological polar surface area (TPSA) is 14.2 Å². The van der Waals surface area contributed by atoms with Crippen LogP contribution >= 0.6 is 0 Å². The van der Waals surface area contributed by atoms with Crippen molar-refractivity contribution in [3.8, 4) is 5.75 Å². The molecule has 0 aliphatic heterocycles. The lowest BCUT2D eigenvalue weighted by Crippen LogP contribution is -2.05. The van der Waals surface area contributed by atoms with E-state index in [2.05, 4.69) is 0 Å². The van der Waals surface area contributed by atoms with Gasteiger partial charge in [-0.3, -0.25) is 0 Å². The number of rotatable bonds is 4. The molecule has 86 valence electrons.